The van der Waals surface area contributed by atoms with E-state index in [-0.39, 0.29) is 17.8 Å². The van der Waals surface area contributed by atoms with Crippen molar-refractivity contribution in [2.24, 2.45) is 0 Å². The Balaban J connectivity index is 2.48. The number of amides is 1. The van der Waals surface area contributed by atoms with E-state index in [1.165, 1.54) is 0 Å². The van der Waals surface area contributed by atoms with Crippen LogP contribution in [0.4, 0.5) is 11.5 Å². The fraction of sp³-hybridized carbons (Fsp3) is 0.294. The van der Waals surface area contributed by atoms with Crippen LogP contribution in [0.5, 0.6) is 0 Å². The van der Waals surface area contributed by atoms with Gasteiger partial charge in [-0.25, -0.2) is 4.98 Å². The SMILES string of the molecule is CCc1cc(N)ccc1-c1cnc(N)c(C(=O)NC(C)C)c1. The number of anilines is 2. The molecule has 0 atom stereocenters. The van der Waals surface area contributed by atoms with Crippen molar-refractivity contribution in [3.05, 3.63) is 41.6 Å². The third-order valence-electron chi connectivity index (χ3n) is 3.40. The number of aromatic nitrogens is 1. The molecule has 1 aromatic carbocycles. The van der Waals surface area contributed by atoms with Gasteiger partial charge in [-0.3, -0.25) is 4.79 Å². The maximum atomic E-state index is 12.2. The third kappa shape index (κ3) is 3.36. The van der Waals surface area contributed by atoms with Crippen LogP contribution in [0.25, 0.3) is 11.1 Å². The van der Waals surface area contributed by atoms with E-state index in [0.717, 1.165) is 28.8 Å². The van der Waals surface area contributed by atoms with E-state index in [0.29, 0.717) is 5.56 Å². The predicted octanol–water partition coefficient (Wildman–Crippen LogP) is 2.61. The Bertz CT molecular complexity index is 695. The Morgan fingerprint density at radius 1 is 1.27 bits per heavy atom. The fourth-order valence-electron chi connectivity index (χ4n) is 2.33. The minimum absolute atomic E-state index is 0.0401. The Morgan fingerprint density at radius 3 is 2.64 bits per heavy atom. The van der Waals surface area contributed by atoms with Gasteiger partial charge in [0.25, 0.3) is 5.91 Å². The minimum atomic E-state index is -0.213. The van der Waals surface area contributed by atoms with E-state index in [2.05, 4.69) is 17.2 Å². The van der Waals surface area contributed by atoms with Gasteiger partial charge in [0.2, 0.25) is 0 Å². The molecule has 5 nitrogen and oxygen atoms in total. The van der Waals surface area contributed by atoms with Crippen LogP contribution in [-0.2, 0) is 6.42 Å². The first-order valence-electron chi connectivity index (χ1n) is 7.37. The molecule has 1 amide bonds. The first-order valence-corrected chi connectivity index (χ1v) is 7.37. The third-order valence-corrected chi connectivity index (χ3v) is 3.40. The first-order chi connectivity index (χ1) is 10.4. The second kappa shape index (κ2) is 6.47. The van der Waals surface area contributed by atoms with Gasteiger partial charge in [0.15, 0.2) is 0 Å². The highest BCUT2D eigenvalue weighted by molar-refractivity contribution is 5.99. The van der Waals surface area contributed by atoms with Gasteiger partial charge in [-0.2, -0.15) is 0 Å². The molecule has 1 aromatic heterocycles. The number of benzene rings is 1. The van der Waals surface area contributed by atoms with E-state index in [1.807, 2.05) is 32.0 Å². The Labute approximate surface area is 130 Å². The van der Waals surface area contributed by atoms with Gasteiger partial charge < -0.3 is 16.8 Å². The summed E-state index contributed by atoms with van der Waals surface area (Å²) in [6.45, 7) is 5.87. The minimum Gasteiger partial charge on any atom is -0.399 e. The molecule has 0 radical (unpaired) electrons. The highest BCUT2D eigenvalue weighted by Gasteiger charge is 2.14. The topological polar surface area (TPSA) is 94.0 Å². The van der Waals surface area contributed by atoms with Crippen LogP contribution in [-0.4, -0.2) is 16.9 Å². The lowest BCUT2D eigenvalue weighted by Crippen LogP contribution is -2.30. The van der Waals surface area contributed by atoms with Crippen LogP contribution >= 0.6 is 0 Å². The molecule has 116 valence electrons. The molecule has 1 heterocycles. The molecule has 0 aliphatic rings. The summed E-state index contributed by atoms with van der Waals surface area (Å²) in [4.78, 5) is 16.4. The summed E-state index contributed by atoms with van der Waals surface area (Å²) in [6.07, 6.45) is 2.53. The highest BCUT2D eigenvalue weighted by Crippen LogP contribution is 2.27. The maximum absolute atomic E-state index is 12.2. The molecule has 0 unspecified atom stereocenters. The van der Waals surface area contributed by atoms with E-state index >= 15 is 0 Å². The van der Waals surface area contributed by atoms with Gasteiger partial charge in [-0.15, -0.1) is 0 Å². The number of nitrogens with zero attached hydrogens (tertiary/aromatic N) is 1. The van der Waals surface area contributed by atoms with Crippen molar-refractivity contribution >= 4 is 17.4 Å². The maximum Gasteiger partial charge on any atom is 0.255 e. The zero-order chi connectivity index (χ0) is 16.3. The molecular formula is C17H22N4O. The van der Waals surface area contributed by atoms with Gasteiger partial charge in [-0.05, 0) is 49.6 Å². The summed E-state index contributed by atoms with van der Waals surface area (Å²) >= 11 is 0. The van der Waals surface area contributed by atoms with Gasteiger partial charge in [0, 0.05) is 23.5 Å². The first kappa shape index (κ1) is 15.8. The van der Waals surface area contributed by atoms with Crippen LogP contribution in [0.1, 0.15) is 36.7 Å². The molecule has 0 saturated heterocycles. The second-order valence-corrected chi connectivity index (χ2v) is 5.56. The molecule has 0 saturated carbocycles. The van der Waals surface area contributed by atoms with Crippen LogP contribution in [0.2, 0.25) is 0 Å². The summed E-state index contributed by atoms with van der Waals surface area (Å²) in [6, 6.07) is 7.56. The highest BCUT2D eigenvalue weighted by atomic mass is 16.1. The summed E-state index contributed by atoms with van der Waals surface area (Å²) in [5, 5.41) is 2.84. The van der Waals surface area contributed by atoms with Gasteiger partial charge in [0.1, 0.15) is 5.82 Å². The van der Waals surface area contributed by atoms with Crippen LogP contribution in [0.15, 0.2) is 30.5 Å². The fourth-order valence-corrected chi connectivity index (χ4v) is 2.33. The Kier molecular flexibility index (Phi) is 4.65. The van der Waals surface area contributed by atoms with Crippen LogP contribution in [0.3, 0.4) is 0 Å². The molecule has 0 bridgehead atoms. The Hall–Kier alpha value is -2.56. The summed E-state index contributed by atoms with van der Waals surface area (Å²) < 4.78 is 0. The average molecular weight is 298 g/mol. The monoisotopic (exact) mass is 298 g/mol. The molecule has 0 fully saturated rings. The average Bonchev–Trinajstić information content (AvgIpc) is 2.47. The van der Waals surface area contributed by atoms with Crippen LogP contribution in [0, 0.1) is 0 Å². The smallest absolute Gasteiger partial charge is 0.255 e. The molecule has 2 rings (SSSR count). The van der Waals surface area contributed by atoms with E-state index < -0.39 is 0 Å². The summed E-state index contributed by atoms with van der Waals surface area (Å²) in [5.41, 5.74) is 15.8. The van der Waals surface area contributed by atoms with Crippen molar-refractivity contribution in [1.29, 1.82) is 0 Å². The number of carbonyl (C=O) groups excluding carboxylic acids is 1. The standard InChI is InChI=1S/C17H22N4O/c1-4-11-7-13(18)5-6-14(11)12-8-15(16(19)20-9-12)17(22)21-10(2)3/h5-10H,4,18H2,1-3H3,(H2,19,20)(H,21,22). The molecule has 22 heavy (non-hydrogen) atoms. The molecule has 0 aliphatic carbocycles. The molecule has 2 aromatic rings. The number of nitrogen functional groups attached to an aromatic ring is 2. The lowest BCUT2D eigenvalue weighted by Gasteiger charge is -2.13. The predicted molar refractivity (Wildman–Crippen MR) is 90.5 cm³/mol. The normalized spacial score (nSPS) is 10.7. The van der Waals surface area contributed by atoms with E-state index in [4.69, 9.17) is 11.5 Å². The van der Waals surface area contributed by atoms with Crippen molar-refractivity contribution in [3.63, 3.8) is 0 Å². The van der Waals surface area contributed by atoms with Crippen molar-refractivity contribution in [1.82, 2.24) is 10.3 Å². The van der Waals surface area contributed by atoms with Crippen molar-refractivity contribution < 1.29 is 4.79 Å². The lowest BCUT2D eigenvalue weighted by atomic mass is 9.97. The van der Waals surface area contributed by atoms with Gasteiger partial charge in [-0.1, -0.05) is 13.0 Å². The summed E-state index contributed by atoms with van der Waals surface area (Å²) in [7, 11) is 0. The number of hydrogen-bond acceptors (Lipinski definition) is 4. The molecular weight excluding hydrogens is 276 g/mol. The largest absolute Gasteiger partial charge is 0.399 e. The van der Waals surface area contributed by atoms with Crippen molar-refractivity contribution in [2.45, 2.75) is 33.2 Å². The molecule has 0 aliphatic heterocycles. The van der Waals surface area contributed by atoms with E-state index in [1.54, 1.807) is 12.3 Å². The zero-order valence-corrected chi connectivity index (χ0v) is 13.2. The van der Waals surface area contributed by atoms with Crippen molar-refractivity contribution in [3.8, 4) is 11.1 Å². The number of aryl methyl sites for hydroxylation is 1. The Morgan fingerprint density at radius 2 is 2.00 bits per heavy atom. The molecule has 0 spiro atoms. The zero-order valence-electron chi connectivity index (χ0n) is 13.2. The van der Waals surface area contributed by atoms with Crippen LogP contribution < -0.4 is 16.8 Å². The quantitative estimate of drug-likeness (QED) is 0.756. The molecule has 5 heteroatoms. The second-order valence-electron chi connectivity index (χ2n) is 5.56. The number of carbonyl (C=O) groups is 1. The number of pyridine rings is 1. The number of hydrogen-bond donors (Lipinski definition) is 3. The number of rotatable bonds is 4. The van der Waals surface area contributed by atoms with E-state index in [9.17, 15) is 4.79 Å². The van der Waals surface area contributed by atoms with Crippen molar-refractivity contribution in [2.75, 3.05) is 11.5 Å². The summed E-state index contributed by atoms with van der Waals surface area (Å²) in [5.74, 6) is 0.0192. The van der Waals surface area contributed by atoms with Gasteiger partial charge >= 0.3 is 0 Å². The lowest BCUT2D eigenvalue weighted by molar-refractivity contribution is 0.0944. The number of nitrogens with one attached hydrogen (secondary N) is 1. The molecule has 5 N–H and O–H groups in total. The van der Waals surface area contributed by atoms with Gasteiger partial charge in [0.05, 0.1) is 5.56 Å². The number of nitrogens with two attached hydrogens (primary N) is 2.